The molecule has 0 bridgehead atoms. The fourth-order valence-corrected chi connectivity index (χ4v) is 9.54. The van der Waals surface area contributed by atoms with Crippen LogP contribution < -0.4 is 5.32 Å². The molecule has 2 aliphatic carbocycles. The number of hydrogen-bond acceptors (Lipinski definition) is 5. The number of aliphatic hydroxyl groups is 1. The largest absolute Gasteiger partial charge is 0.435 e. The third-order valence-corrected chi connectivity index (χ3v) is 12.1. The lowest BCUT2D eigenvalue weighted by Gasteiger charge is -2.43. The molecule has 1 amide bonds. The number of hydrogen-bond donors (Lipinski definition) is 2. The van der Waals surface area contributed by atoms with Crippen molar-refractivity contribution in [2.45, 2.75) is 77.8 Å². The van der Waals surface area contributed by atoms with Crippen molar-refractivity contribution < 1.29 is 53.4 Å². The van der Waals surface area contributed by atoms with E-state index >= 15 is 0 Å². The number of carbonyl (C=O) groups is 1. The maximum atomic E-state index is 15.0. The van der Waals surface area contributed by atoms with E-state index in [0.717, 1.165) is 30.3 Å². The first kappa shape index (κ1) is 32.6. The minimum absolute atomic E-state index is 0.0478. The predicted molar refractivity (Wildman–Crippen MR) is 141 cm³/mol. The molecule has 0 radical (unpaired) electrons. The Bertz CT molecular complexity index is 1520. The number of sulfone groups is 1. The first-order valence-corrected chi connectivity index (χ1v) is 15.4. The molecule has 2 N–H and O–H groups in total. The minimum Gasteiger partial charge on any atom is -0.380 e. The molecule has 15 heteroatoms. The summed E-state index contributed by atoms with van der Waals surface area (Å²) >= 11 is 0. The van der Waals surface area contributed by atoms with Gasteiger partial charge in [0.25, 0.3) is 5.91 Å². The Balaban J connectivity index is 1.61. The van der Waals surface area contributed by atoms with Crippen LogP contribution in [0.3, 0.4) is 0 Å². The molecule has 0 aromatic heterocycles. The third kappa shape index (κ3) is 4.89. The minimum atomic E-state index is -6.36. The van der Waals surface area contributed by atoms with Gasteiger partial charge in [0, 0.05) is 30.6 Å². The van der Waals surface area contributed by atoms with Crippen LogP contribution in [-0.2, 0) is 31.5 Å². The van der Waals surface area contributed by atoms with Crippen LogP contribution in [0.5, 0.6) is 0 Å². The normalized spacial score (nSPS) is 26.1. The first-order valence-electron chi connectivity index (χ1n) is 14.0. The van der Waals surface area contributed by atoms with Gasteiger partial charge in [-0.1, -0.05) is 18.2 Å². The number of nitrogens with one attached hydrogen (secondary N) is 1. The maximum Gasteiger partial charge on any atom is 0.435 e. The second-order valence-corrected chi connectivity index (χ2v) is 14.2. The average molecular weight is 655 g/mol. The number of amides is 1. The molecule has 6 nitrogen and oxygen atoms in total. The van der Waals surface area contributed by atoms with Crippen molar-refractivity contribution in [3.05, 3.63) is 65.0 Å². The van der Waals surface area contributed by atoms with Crippen LogP contribution >= 0.6 is 0 Å². The summed E-state index contributed by atoms with van der Waals surface area (Å²) in [4.78, 5) is 14.9. The highest BCUT2D eigenvalue weighted by Gasteiger charge is 2.74. The molecule has 1 heterocycles. The maximum absolute atomic E-state index is 15.0. The summed E-state index contributed by atoms with van der Waals surface area (Å²) in [7, 11) is -2.71. The second kappa shape index (κ2) is 10.6. The second-order valence-electron chi connectivity index (χ2n) is 12.0. The highest BCUT2D eigenvalue weighted by molar-refractivity contribution is 7.92. The number of alkyl halides is 7. The summed E-state index contributed by atoms with van der Waals surface area (Å²) in [6.45, 7) is 0.866. The summed E-state index contributed by atoms with van der Waals surface area (Å²) in [6.07, 6.45) is -12.9. The molecule has 1 saturated heterocycles. The first-order chi connectivity index (χ1) is 20.3. The van der Waals surface area contributed by atoms with Crippen LogP contribution in [0.25, 0.3) is 0 Å². The van der Waals surface area contributed by atoms with Gasteiger partial charge in [0.1, 0.15) is 16.2 Å². The molecular formula is C29H30F8N2O4S. The Kier molecular flexibility index (Phi) is 7.89. The number of piperidine rings is 1. The van der Waals surface area contributed by atoms with E-state index in [1.54, 1.807) is 0 Å². The van der Waals surface area contributed by atoms with E-state index in [1.807, 2.05) is 11.9 Å². The lowest BCUT2D eigenvalue weighted by molar-refractivity contribution is -0.348. The Morgan fingerprint density at radius 2 is 1.52 bits per heavy atom. The molecule has 0 unspecified atom stereocenters. The summed E-state index contributed by atoms with van der Waals surface area (Å²) in [6, 6.07) is 4.49. The average Bonchev–Trinajstić information content (AvgIpc) is 3.33. The molecule has 3 atom stereocenters. The van der Waals surface area contributed by atoms with Crippen molar-refractivity contribution >= 4 is 15.7 Å². The molecule has 44 heavy (non-hydrogen) atoms. The SMILES string of the molecule is CN1CCC(O)(C(=O)N[C@@H]2CC[C@@]3(S(=O)(=O)c4ccc(F)cc4)c4ccc(C(F)(C(F)(F)F)C(F)(F)F)cc4CC[C@@H]23)CC1. The van der Waals surface area contributed by atoms with E-state index < -0.39 is 67.5 Å². The number of aryl methyl sites for hydroxylation is 1. The van der Waals surface area contributed by atoms with Crippen molar-refractivity contribution in [1.82, 2.24) is 10.2 Å². The van der Waals surface area contributed by atoms with Gasteiger partial charge in [0.05, 0.1) is 4.90 Å². The van der Waals surface area contributed by atoms with Gasteiger partial charge in [-0.2, -0.15) is 26.3 Å². The number of nitrogens with zero attached hydrogens (tertiary/aromatic N) is 1. The quantitative estimate of drug-likeness (QED) is 0.347. The van der Waals surface area contributed by atoms with Crippen molar-refractivity contribution in [2.24, 2.45) is 5.92 Å². The number of fused-ring (bicyclic) bond motifs is 3. The molecule has 2 aromatic rings. The fraction of sp³-hybridized carbons (Fsp3) is 0.552. The Labute approximate surface area is 248 Å². The number of carbonyl (C=O) groups excluding carboxylic acids is 1. The monoisotopic (exact) mass is 654 g/mol. The van der Waals surface area contributed by atoms with Crippen LogP contribution in [0, 0.1) is 11.7 Å². The van der Waals surface area contributed by atoms with Crippen molar-refractivity contribution in [3.63, 3.8) is 0 Å². The summed E-state index contributed by atoms with van der Waals surface area (Å²) in [5.74, 6) is -2.37. The number of likely N-dealkylation sites (tertiary alicyclic amines) is 1. The topological polar surface area (TPSA) is 86.7 Å². The van der Waals surface area contributed by atoms with E-state index in [9.17, 15) is 53.4 Å². The van der Waals surface area contributed by atoms with Gasteiger partial charge in [-0.3, -0.25) is 4.79 Å². The van der Waals surface area contributed by atoms with Crippen LogP contribution in [0.2, 0.25) is 0 Å². The van der Waals surface area contributed by atoms with E-state index in [-0.39, 0.29) is 54.5 Å². The fourth-order valence-electron chi connectivity index (χ4n) is 7.07. The van der Waals surface area contributed by atoms with Gasteiger partial charge >= 0.3 is 18.0 Å². The molecule has 1 saturated carbocycles. The van der Waals surface area contributed by atoms with Crippen LogP contribution in [-0.4, -0.2) is 68.5 Å². The van der Waals surface area contributed by atoms with Crippen molar-refractivity contribution in [3.8, 4) is 0 Å². The molecular weight excluding hydrogens is 624 g/mol. The molecule has 3 aliphatic rings. The number of halogens is 8. The van der Waals surface area contributed by atoms with Crippen LogP contribution in [0.15, 0.2) is 47.4 Å². The Morgan fingerprint density at radius 3 is 2.09 bits per heavy atom. The van der Waals surface area contributed by atoms with E-state index in [4.69, 9.17) is 0 Å². The standard InChI is InChI=1S/C29H30F8N2O4S/c1-39-14-12-25(41,13-15-39)24(40)38-23-10-11-26(44(42,43)20-6-4-19(30)5-7-20)21-9-3-18(16-17(21)2-8-22(23)26)27(31,28(32,33)34)29(35,36)37/h3-7,9,16,22-23,41H,2,8,10-15H2,1H3,(H,38,40)/t22-,23+,26+/m0/s1. The van der Waals surface area contributed by atoms with Crippen LogP contribution in [0.1, 0.15) is 48.8 Å². The highest BCUT2D eigenvalue weighted by atomic mass is 32.2. The zero-order valence-corrected chi connectivity index (χ0v) is 24.2. The zero-order valence-electron chi connectivity index (χ0n) is 23.4. The van der Waals surface area contributed by atoms with Gasteiger partial charge in [0.15, 0.2) is 9.84 Å². The molecule has 0 spiro atoms. The molecule has 2 fully saturated rings. The summed E-state index contributed by atoms with van der Waals surface area (Å²) in [5, 5.41) is 13.8. The van der Waals surface area contributed by atoms with Gasteiger partial charge in [-0.15, -0.1) is 0 Å². The third-order valence-electron chi connectivity index (χ3n) is 9.53. The van der Waals surface area contributed by atoms with Gasteiger partial charge < -0.3 is 15.3 Å². The lowest BCUT2D eigenvalue weighted by atomic mass is 9.73. The highest BCUT2D eigenvalue weighted by Crippen LogP contribution is 2.59. The molecule has 2 aromatic carbocycles. The molecule has 1 aliphatic heterocycles. The smallest absolute Gasteiger partial charge is 0.380 e. The Hall–Kier alpha value is -2.78. The van der Waals surface area contributed by atoms with E-state index in [2.05, 4.69) is 5.32 Å². The molecule has 242 valence electrons. The zero-order chi connectivity index (χ0) is 32.5. The molecule has 5 rings (SSSR count). The van der Waals surface area contributed by atoms with Crippen molar-refractivity contribution in [2.75, 3.05) is 20.1 Å². The van der Waals surface area contributed by atoms with Crippen molar-refractivity contribution in [1.29, 1.82) is 0 Å². The predicted octanol–water partition coefficient (Wildman–Crippen LogP) is 5.08. The van der Waals surface area contributed by atoms with Gasteiger partial charge in [0.2, 0.25) is 0 Å². The van der Waals surface area contributed by atoms with Gasteiger partial charge in [-0.05, 0) is 81.0 Å². The van der Waals surface area contributed by atoms with E-state index in [0.29, 0.717) is 25.2 Å². The van der Waals surface area contributed by atoms with E-state index in [1.165, 1.54) is 0 Å². The Morgan fingerprint density at radius 1 is 0.932 bits per heavy atom. The number of benzene rings is 2. The van der Waals surface area contributed by atoms with Gasteiger partial charge in [-0.25, -0.2) is 17.2 Å². The summed E-state index contributed by atoms with van der Waals surface area (Å²) in [5.41, 5.74) is -9.46. The lowest BCUT2D eigenvalue weighted by Crippen LogP contribution is -2.57. The number of rotatable bonds is 5. The summed E-state index contributed by atoms with van der Waals surface area (Å²) < 4.78 is 137. The van der Waals surface area contributed by atoms with Crippen LogP contribution in [0.4, 0.5) is 35.1 Å².